The van der Waals surface area contributed by atoms with Gasteiger partial charge in [0.1, 0.15) is 5.82 Å². The van der Waals surface area contributed by atoms with Crippen molar-refractivity contribution in [1.82, 2.24) is 14.8 Å². The topological polar surface area (TPSA) is 42.7 Å². The minimum Gasteiger partial charge on any atom is -0.370 e. The standard InChI is InChI=1S/C15H14N4/c1-2-6-12-11(5-1)15-17-10-8-14(19(15)18-12)13-7-3-4-9-16-13/h1-7,9,14,17H,8,10H2. The van der Waals surface area contributed by atoms with Crippen molar-refractivity contribution in [3.8, 4) is 0 Å². The average molecular weight is 250 g/mol. The van der Waals surface area contributed by atoms with Crippen LogP contribution in [0.2, 0.25) is 0 Å². The van der Waals surface area contributed by atoms with Crippen LogP contribution in [0.15, 0.2) is 48.7 Å². The van der Waals surface area contributed by atoms with Crippen LogP contribution in [0.5, 0.6) is 0 Å². The number of pyridine rings is 1. The van der Waals surface area contributed by atoms with Crippen LogP contribution < -0.4 is 5.32 Å². The van der Waals surface area contributed by atoms with Gasteiger partial charge in [-0.05, 0) is 30.7 Å². The van der Waals surface area contributed by atoms with Gasteiger partial charge in [0, 0.05) is 18.1 Å². The SMILES string of the molecule is c1ccc(C2CCNc3c4ccccc4nn32)nc1. The highest BCUT2D eigenvalue weighted by Crippen LogP contribution is 2.33. The third-order valence-corrected chi connectivity index (χ3v) is 3.64. The zero-order valence-corrected chi connectivity index (χ0v) is 10.5. The molecule has 0 aliphatic carbocycles. The van der Waals surface area contributed by atoms with E-state index in [0.29, 0.717) is 0 Å². The second kappa shape index (κ2) is 4.09. The van der Waals surface area contributed by atoms with E-state index in [1.165, 1.54) is 5.39 Å². The van der Waals surface area contributed by atoms with E-state index in [-0.39, 0.29) is 6.04 Å². The molecule has 1 unspecified atom stereocenters. The lowest BCUT2D eigenvalue weighted by atomic mass is 10.1. The number of rotatable bonds is 1. The Morgan fingerprint density at radius 1 is 1.11 bits per heavy atom. The summed E-state index contributed by atoms with van der Waals surface area (Å²) < 4.78 is 2.08. The summed E-state index contributed by atoms with van der Waals surface area (Å²) in [5.74, 6) is 1.11. The van der Waals surface area contributed by atoms with Gasteiger partial charge in [-0.2, -0.15) is 5.10 Å². The molecular weight excluding hydrogens is 236 g/mol. The molecule has 1 N–H and O–H groups in total. The fraction of sp³-hybridized carbons (Fsp3) is 0.200. The van der Waals surface area contributed by atoms with Crippen molar-refractivity contribution in [2.45, 2.75) is 12.5 Å². The Morgan fingerprint density at radius 2 is 2.00 bits per heavy atom. The van der Waals surface area contributed by atoms with Gasteiger partial charge in [-0.1, -0.05) is 18.2 Å². The lowest BCUT2D eigenvalue weighted by Crippen LogP contribution is -2.24. The van der Waals surface area contributed by atoms with E-state index in [1.807, 2.05) is 24.4 Å². The number of nitrogens with one attached hydrogen (secondary N) is 1. The first kappa shape index (κ1) is 10.6. The Kier molecular flexibility index (Phi) is 2.27. The highest BCUT2D eigenvalue weighted by atomic mass is 15.4. The van der Waals surface area contributed by atoms with Gasteiger partial charge in [0.25, 0.3) is 0 Å². The molecule has 0 saturated heterocycles. The molecule has 0 radical (unpaired) electrons. The van der Waals surface area contributed by atoms with E-state index in [9.17, 15) is 0 Å². The van der Waals surface area contributed by atoms with Crippen molar-refractivity contribution in [1.29, 1.82) is 0 Å². The molecule has 3 heterocycles. The van der Waals surface area contributed by atoms with Crippen LogP contribution in [0, 0.1) is 0 Å². The molecule has 1 aliphatic heterocycles. The summed E-state index contributed by atoms with van der Waals surface area (Å²) >= 11 is 0. The van der Waals surface area contributed by atoms with E-state index < -0.39 is 0 Å². The van der Waals surface area contributed by atoms with Gasteiger partial charge in [-0.15, -0.1) is 0 Å². The van der Waals surface area contributed by atoms with Crippen molar-refractivity contribution in [3.05, 3.63) is 54.4 Å². The second-order valence-electron chi connectivity index (χ2n) is 4.80. The first-order chi connectivity index (χ1) is 9.43. The molecule has 94 valence electrons. The smallest absolute Gasteiger partial charge is 0.133 e. The summed E-state index contributed by atoms with van der Waals surface area (Å²) in [6.07, 6.45) is 2.86. The number of nitrogens with zero attached hydrogens (tertiary/aromatic N) is 3. The third kappa shape index (κ3) is 1.60. The number of benzene rings is 1. The molecule has 4 nitrogen and oxygen atoms in total. The lowest BCUT2D eigenvalue weighted by Gasteiger charge is -2.25. The van der Waals surface area contributed by atoms with Crippen molar-refractivity contribution < 1.29 is 0 Å². The fourth-order valence-corrected chi connectivity index (χ4v) is 2.75. The summed E-state index contributed by atoms with van der Waals surface area (Å²) in [5.41, 5.74) is 2.12. The van der Waals surface area contributed by atoms with E-state index in [1.54, 1.807) is 0 Å². The van der Waals surface area contributed by atoms with Gasteiger partial charge >= 0.3 is 0 Å². The molecule has 1 aliphatic rings. The highest BCUT2D eigenvalue weighted by Gasteiger charge is 2.24. The van der Waals surface area contributed by atoms with Gasteiger partial charge in [0.05, 0.1) is 17.3 Å². The summed E-state index contributed by atoms with van der Waals surface area (Å²) in [6.45, 7) is 0.955. The molecule has 19 heavy (non-hydrogen) atoms. The maximum absolute atomic E-state index is 4.73. The maximum atomic E-state index is 4.73. The summed E-state index contributed by atoms with van der Waals surface area (Å²) in [5, 5.41) is 9.37. The summed E-state index contributed by atoms with van der Waals surface area (Å²) in [7, 11) is 0. The predicted octanol–water partition coefficient (Wildman–Crippen LogP) is 2.84. The van der Waals surface area contributed by atoms with E-state index in [4.69, 9.17) is 5.10 Å². The second-order valence-corrected chi connectivity index (χ2v) is 4.80. The number of fused-ring (bicyclic) bond motifs is 3. The largest absolute Gasteiger partial charge is 0.370 e. The molecule has 0 saturated carbocycles. The zero-order valence-electron chi connectivity index (χ0n) is 10.5. The predicted molar refractivity (Wildman–Crippen MR) is 75.2 cm³/mol. The number of hydrogen-bond donors (Lipinski definition) is 1. The van der Waals surface area contributed by atoms with Crippen molar-refractivity contribution in [3.63, 3.8) is 0 Å². The molecule has 0 amide bonds. The van der Waals surface area contributed by atoms with Crippen LogP contribution in [-0.2, 0) is 0 Å². The first-order valence-corrected chi connectivity index (χ1v) is 6.55. The molecular formula is C15H14N4. The molecule has 1 atom stereocenters. The van der Waals surface area contributed by atoms with Gasteiger partial charge < -0.3 is 5.32 Å². The Morgan fingerprint density at radius 3 is 2.89 bits per heavy atom. The van der Waals surface area contributed by atoms with E-state index >= 15 is 0 Å². The maximum Gasteiger partial charge on any atom is 0.133 e. The Balaban J connectivity index is 1.91. The van der Waals surface area contributed by atoms with Crippen molar-refractivity contribution >= 4 is 16.7 Å². The molecule has 2 aromatic heterocycles. The molecule has 4 heteroatoms. The minimum absolute atomic E-state index is 0.227. The van der Waals surface area contributed by atoms with Gasteiger partial charge in [0.2, 0.25) is 0 Å². The molecule has 3 aromatic rings. The molecule has 0 spiro atoms. The summed E-state index contributed by atoms with van der Waals surface area (Å²) in [4.78, 5) is 4.48. The van der Waals surface area contributed by atoms with Crippen LogP contribution in [0.4, 0.5) is 5.82 Å². The van der Waals surface area contributed by atoms with Crippen LogP contribution in [0.25, 0.3) is 10.9 Å². The van der Waals surface area contributed by atoms with Crippen LogP contribution in [-0.4, -0.2) is 21.3 Å². The molecule has 0 bridgehead atoms. The normalized spacial score (nSPS) is 18.0. The van der Waals surface area contributed by atoms with Crippen molar-refractivity contribution in [2.24, 2.45) is 0 Å². The van der Waals surface area contributed by atoms with E-state index in [0.717, 1.165) is 30.0 Å². The average Bonchev–Trinajstić information content (AvgIpc) is 2.87. The third-order valence-electron chi connectivity index (χ3n) is 3.64. The highest BCUT2D eigenvalue weighted by molar-refractivity contribution is 5.90. The lowest BCUT2D eigenvalue weighted by molar-refractivity contribution is 0.475. The number of anilines is 1. The first-order valence-electron chi connectivity index (χ1n) is 6.55. The van der Waals surface area contributed by atoms with E-state index in [2.05, 4.69) is 39.2 Å². The van der Waals surface area contributed by atoms with Crippen LogP contribution in [0.3, 0.4) is 0 Å². The number of hydrogen-bond acceptors (Lipinski definition) is 3. The Hall–Kier alpha value is -2.36. The Bertz CT molecular complexity index is 717. The molecule has 1 aromatic carbocycles. The van der Waals surface area contributed by atoms with Crippen molar-refractivity contribution in [2.75, 3.05) is 11.9 Å². The Labute approximate surface area is 111 Å². The van der Waals surface area contributed by atoms with Gasteiger partial charge in [-0.25, -0.2) is 4.68 Å². The van der Waals surface area contributed by atoms with Crippen LogP contribution in [0.1, 0.15) is 18.2 Å². The minimum atomic E-state index is 0.227. The van der Waals surface area contributed by atoms with Crippen LogP contribution >= 0.6 is 0 Å². The molecule has 0 fully saturated rings. The fourth-order valence-electron chi connectivity index (χ4n) is 2.75. The monoisotopic (exact) mass is 250 g/mol. The molecule has 4 rings (SSSR count). The van der Waals surface area contributed by atoms with Gasteiger partial charge in [-0.3, -0.25) is 4.98 Å². The summed E-state index contributed by atoms with van der Waals surface area (Å²) in [6, 6.07) is 14.5. The van der Waals surface area contributed by atoms with Gasteiger partial charge in [0.15, 0.2) is 0 Å². The number of aromatic nitrogens is 3. The quantitative estimate of drug-likeness (QED) is 0.722. The zero-order chi connectivity index (χ0) is 12.7.